The van der Waals surface area contributed by atoms with Crippen LogP contribution in [0.1, 0.15) is 137 Å². The van der Waals surface area contributed by atoms with E-state index in [0.29, 0.717) is 30.6 Å². The van der Waals surface area contributed by atoms with Gasteiger partial charge in [-0.3, -0.25) is 9.13 Å². The Morgan fingerprint density at radius 1 is 0.894 bits per heavy atom. The van der Waals surface area contributed by atoms with Gasteiger partial charge in [-0.1, -0.05) is 71.9 Å². The summed E-state index contributed by atoms with van der Waals surface area (Å²) >= 11 is 0. The molecule has 259 valence electrons. The fourth-order valence-corrected chi connectivity index (χ4v) is 8.52. The molecule has 0 fully saturated rings. The number of rotatable bonds is 11. The number of para-hydroxylation sites is 3. The van der Waals surface area contributed by atoms with Gasteiger partial charge in [0.15, 0.2) is 16.6 Å². The number of hydrogen-bond donors (Lipinski definition) is 0. The average Bonchev–Trinajstić information content (AvgIpc) is 3.44. The molecule has 1 aromatic heterocycles. The monoisotopic (exact) mass is 675 g/mol. The quantitative estimate of drug-likeness (QED) is 0.116. The maximum Gasteiger partial charge on any atom is 0.518 e. The standard InChI is InChI=1S/C36H53BF3N3O3S/c1-13-35(14-2)22-34(11,12)43(31-27(23(3)4)18-17-19-28(31)24(5)6)32(35)37(46-47(44,45)36(38,39)40)33-41(25(7)8)29-20-15-16-21-30(29)42(33)26(9)10/h15-21,23-26H,13-14,22H2,1-12H3/q+1. The summed E-state index contributed by atoms with van der Waals surface area (Å²) in [6.07, 6.45) is 1.80. The minimum Gasteiger partial charge on any atom is -0.486 e. The summed E-state index contributed by atoms with van der Waals surface area (Å²) in [5.41, 5.74) is -1.25. The van der Waals surface area contributed by atoms with E-state index in [2.05, 4.69) is 58.3 Å². The van der Waals surface area contributed by atoms with E-state index < -0.39 is 33.5 Å². The van der Waals surface area contributed by atoms with Gasteiger partial charge in [-0.15, -0.1) is 0 Å². The van der Waals surface area contributed by atoms with Gasteiger partial charge in [-0.2, -0.15) is 21.6 Å². The van der Waals surface area contributed by atoms with E-state index >= 15 is 0 Å². The highest BCUT2D eigenvalue weighted by Gasteiger charge is 2.58. The van der Waals surface area contributed by atoms with Gasteiger partial charge < -0.3 is 4.10 Å². The number of benzene rings is 2. The minimum atomic E-state index is -6.04. The molecule has 0 saturated heterocycles. The van der Waals surface area contributed by atoms with Crippen molar-refractivity contribution in [3.05, 3.63) is 53.6 Å². The van der Waals surface area contributed by atoms with Gasteiger partial charge in [0.05, 0.1) is 17.8 Å². The Kier molecular flexibility index (Phi) is 10.3. The van der Waals surface area contributed by atoms with Gasteiger partial charge >= 0.3 is 15.6 Å². The Hall–Kier alpha value is -2.66. The second kappa shape index (κ2) is 13.0. The molecule has 2 aromatic carbocycles. The Morgan fingerprint density at radius 2 is 1.43 bits per heavy atom. The molecule has 0 unspecified atom stereocenters. The number of aromatic nitrogens is 2. The van der Waals surface area contributed by atoms with Gasteiger partial charge in [0.2, 0.25) is 5.69 Å². The lowest BCUT2D eigenvalue weighted by molar-refractivity contribution is -0.675. The molecule has 0 atom stereocenters. The van der Waals surface area contributed by atoms with Crippen LogP contribution in [0, 0.1) is 5.41 Å². The van der Waals surface area contributed by atoms with Crippen molar-refractivity contribution in [2.24, 2.45) is 5.41 Å². The Balaban J connectivity index is 2.38. The highest BCUT2D eigenvalue weighted by atomic mass is 32.2. The van der Waals surface area contributed by atoms with Crippen molar-refractivity contribution in [1.82, 2.24) is 4.57 Å². The molecule has 1 aliphatic heterocycles. The van der Waals surface area contributed by atoms with Crippen LogP contribution in [0.2, 0.25) is 0 Å². The maximum atomic E-state index is 14.4. The van der Waals surface area contributed by atoms with Crippen molar-refractivity contribution in [1.29, 1.82) is 0 Å². The lowest BCUT2D eigenvalue weighted by Gasteiger charge is -2.36. The molecule has 6 nitrogen and oxygen atoms in total. The second-order valence-corrected chi connectivity index (χ2v) is 16.5. The first-order valence-corrected chi connectivity index (χ1v) is 18.4. The van der Waals surface area contributed by atoms with Crippen LogP contribution in [0.3, 0.4) is 0 Å². The molecule has 0 spiro atoms. The third-order valence-electron chi connectivity index (χ3n) is 10.00. The molecule has 1 aliphatic rings. The second-order valence-electron chi connectivity index (χ2n) is 14.9. The lowest BCUT2D eigenvalue weighted by atomic mass is 9.51. The van der Waals surface area contributed by atoms with E-state index in [1.54, 1.807) is 0 Å². The fraction of sp³-hybridized carbons (Fsp3) is 0.611. The van der Waals surface area contributed by atoms with Crippen LogP contribution < -0.4 is 10.3 Å². The van der Waals surface area contributed by atoms with E-state index in [1.807, 2.05) is 81.0 Å². The zero-order chi connectivity index (χ0) is 35.4. The first-order chi connectivity index (χ1) is 21.7. The smallest absolute Gasteiger partial charge is 0.486 e. The zero-order valence-electron chi connectivity index (χ0n) is 30.2. The molecule has 1 radical (unpaired) electrons. The largest absolute Gasteiger partial charge is 0.518 e. The van der Waals surface area contributed by atoms with Crippen LogP contribution in [0.5, 0.6) is 0 Å². The van der Waals surface area contributed by atoms with Crippen LogP contribution in [0.25, 0.3) is 11.0 Å². The Morgan fingerprint density at radius 3 is 1.87 bits per heavy atom. The molecule has 2 heterocycles. The number of halogens is 3. The summed E-state index contributed by atoms with van der Waals surface area (Å²) in [5.74, 6) is 0.194. The van der Waals surface area contributed by atoms with Crippen LogP contribution in [0.15, 0.2) is 42.5 Å². The summed E-state index contributed by atoms with van der Waals surface area (Å²) in [5, 5.41) is 0. The SMILES string of the molecule is CCC1(CC)CC(C)(C)[N+](c2c(C(C)C)cccc2C(C)C)=C1[B-](OS(=O)(=O)C(F)(F)F)c1n(C(C)C)c2ccccc2[n+]1C(C)C. The summed E-state index contributed by atoms with van der Waals surface area (Å²) in [6.45, 7) is 23.1. The number of imidazole rings is 1. The highest BCUT2D eigenvalue weighted by Crippen LogP contribution is 2.50. The number of nitrogens with zero attached hydrogens (tertiary/aromatic N) is 3. The first kappa shape index (κ1) is 37.2. The predicted octanol–water partition coefficient (Wildman–Crippen LogP) is 8.72. The van der Waals surface area contributed by atoms with Crippen molar-refractivity contribution in [2.45, 2.75) is 137 Å². The Bertz CT molecular complexity index is 1700. The van der Waals surface area contributed by atoms with E-state index in [1.165, 1.54) is 0 Å². The molecular formula is C36H53BF3N3O3S+. The molecular weight excluding hydrogens is 622 g/mol. The third-order valence-corrected chi connectivity index (χ3v) is 11.0. The highest BCUT2D eigenvalue weighted by molar-refractivity contribution is 7.88. The van der Waals surface area contributed by atoms with E-state index in [9.17, 15) is 21.6 Å². The third kappa shape index (κ3) is 6.31. The van der Waals surface area contributed by atoms with Crippen molar-refractivity contribution in [2.75, 3.05) is 0 Å². The lowest BCUT2D eigenvalue weighted by Crippen LogP contribution is -2.66. The number of alkyl halides is 3. The number of hydrogen-bond acceptors (Lipinski definition) is 3. The van der Waals surface area contributed by atoms with Crippen molar-refractivity contribution in [3.63, 3.8) is 0 Å². The van der Waals surface area contributed by atoms with Crippen molar-refractivity contribution >= 4 is 45.1 Å². The molecule has 0 saturated carbocycles. The van der Waals surface area contributed by atoms with Gasteiger partial charge in [-0.05, 0) is 64.5 Å². The zero-order valence-corrected chi connectivity index (χ0v) is 31.0. The molecule has 47 heavy (non-hydrogen) atoms. The summed E-state index contributed by atoms with van der Waals surface area (Å²) in [7, 11) is -6.04. The van der Waals surface area contributed by atoms with Crippen LogP contribution in [0.4, 0.5) is 18.9 Å². The van der Waals surface area contributed by atoms with Gasteiger partial charge in [0, 0.05) is 42.4 Å². The van der Waals surface area contributed by atoms with Crippen LogP contribution in [-0.2, 0) is 14.2 Å². The Labute approximate surface area is 280 Å². The molecule has 3 aromatic rings. The van der Waals surface area contributed by atoms with E-state index in [4.69, 9.17) is 4.10 Å². The normalized spacial score (nSPS) is 17.1. The summed E-state index contributed by atoms with van der Waals surface area (Å²) < 4.78 is 81.8. The van der Waals surface area contributed by atoms with Crippen molar-refractivity contribution < 1.29 is 34.8 Å². The van der Waals surface area contributed by atoms with Crippen LogP contribution in [-0.4, -0.2) is 41.1 Å². The van der Waals surface area contributed by atoms with E-state index in [0.717, 1.165) is 27.8 Å². The minimum absolute atomic E-state index is 0.0972. The van der Waals surface area contributed by atoms with E-state index in [-0.39, 0.29) is 23.9 Å². The first-order valence-electron chi connectivity index (χ1n) is 17.0. The fourth-order valence-electron chi connectivity index (χ4n) is 7.98. The predicted molar refractivity (Wildman–Crippen MR) is 186 cm³/mol. The van der Waals surface area contributed by atoms with Gasteiger partial charge in [0.25, 0.3) is 6.92 Å². The molecule has 0 bridgehead atoms. The molecule has 11 heteroatoms. The molecule has 0 aliphatic carbocycles. The van der Waals surface area contributed by atoms with Crippen LogP contribution >= 0.6 is 0 Å². The average molecular weight is 676 g/mol. The summed E-state index contributed by atoms with van der Waals surface area (Å²) in [6, 6.07) is 13.4. The summed E-state index contributed by atoms with van der Waals surface area (Å²) in [4.78, 5) is 0. The number of fused-ring (bicyclic) bond motifs is 1. The van der Waals surface area contributed by atoms with Gasteiger partial charge in [0.1, 0.15) is 0 Å². The molecule has 4 rings (SSSR count). The maximum absolute atomic E-state index is 14.4. The molecule has 0 N–H and O–H groups in total. The van der Waals surface area contributed by atoms with Crippen molar-refractivity contribution in [3.8, 4) is 0 Å². The molecule has 0 amide bonds. The van der Waals surface area contributed by atoms with Gasteiger partial charge in [-0.25, -0.2) is 4.58 Å². The topological polar surface area (TPSA) is 55.2 Å².